The molecule has 0 spiro atoms. The zero-order valence-corrected chi connectivity index (χ0v) is 17.6. The van der Waals surface area contributed by atoms with Gasteiger partial charge in [-0.05, 0) is 31.7 Å². The lowest BCUT2D eigenvalue weighted by molar-refractivity contribution is -0.136. The van der Waals surface area contributed by atoms with E-state index in [4.69, 9.17) is 11.6 Å². The molecule has 0 radical (unpaired) electrons. The quantitative estimate of drug-likeness (QED) is 0.717. The molecule has 1 aromatic rings. The highest BCUT2D eigenvalue weighted by Gasteiger charge is 2.35. The lowest BCUT2D eigenvalue weighted by atomic mass is 9.83. The van der Waals surface area contributed by atoms with Crippen molar-refractivity contribution < 1.29 is 13.2 Å². The fraction of sp³-hybridized carbons (Fsp3) is 0.684. The minimum Gasteiger partial charge on any atom is -0.340 e. The number of hydrogen-bond acceptors (Lipinski definition) is 4. The molecule has 150 valence electrons. The first kappa shape index (κ1) is 20.6. The molecule has 2 heterocycles. The molecule has 1 amide bonds. The molecular weight excluding hydrogens is 386 g/mol. The maximum absolute atomic E-state index is 13.3. The van der Waals surface area contributed by atoms with E-state index in [1.54, 1.807) is 4.90 Å². The van der Waals surface area contributed by atoms with Crippen LogP contribution in [0.15, 0.2) is 17.2 Å². The molecule has 8 heteroatoms. The second kappa shape index (κ2) is 8.45. The van der Waals surface area contributed by atoms with Crippen molar-refractivity contribution in [3.8, 4) is 0 Å². The summed E-state index contributed by atoms with van der Waals surface area (Å²) in [4.78, 5) is 18.9. The van der Waals surface area contributed by atoms with Crippen LogP contribution in [0.2, 0.25) is 5.02 Å². The first-order valence-corrected chi connectivity index (χ1v) is 11.6. The lowest BCUT2D eigenvalue weighted by Crippen LogP contribution is -2.52. The van der Waals surface area contributed by atoms with Gasteiger partial charge in [0.25, 0.3) is 0 Å². The summed E-state index contributed by atoms with van der Waals surface area (Å²) in [7, 11) is -3.67. The van der Waals surface area contributed by atoms with Crippen LogP contribution in [0.25, 0.3) is 0 Å². The molecule has 1 aliphatic carbocycles. The second-order valence-electron chi connectivity index (χ2n) is 7.41. The minimum absolute atomic E-state index is 0.0236. The van der Waals surface area contributed by atoms with Crippen molar-refractivity contribution in [2.75, 3.05) is 26.2 Å². The predicted molar refractivity (Wildman–Crippen MR) is 105 cm³/mol. The van der Waals surface area contributed by atoms with Crippen molar-refractivity contribution >= 4 is 27.5 Å². The Morgan fingerprint density at radius 3 is 2.37 bits per heavy atom. The van der Waals surface area contributed by atoms with E-state index in [1.807, 2.05) is 13.8 Å². The molecule has 0 unspecified atom stereocenters. The number of carbonyl (C=O) groups excluding carboxylic acids is 1. The molecule has 3 rings (SSSR count). The highest BCUT2D eigenvalue weighted by molar-refractivity contribution is 7.89. The molecule has 0 bridgehead atoms. The molecule has 0 atom stereocenters. The number of piperazine rings is 1. The highest BCUT2D eigenvalue weighted by atomic mass is 35.5. The van der Waals surface area contributed by atoms with Gasteiger partial charge >= 0.3 is 0 Å². The van der Waals surface area contributed by atoms with Crippen molar-refractivity contribution in [2.45, 2.75) is 56.8 Å². The molecule has 1 saturated carbocycles. The fourth-order valence-corrected chi connectivity index (χ4v) is 5.71. The third kappa shape index (κ3) is 4.15. The van der Waals surface area contributed by atoms with E-state index in [1.165, 1.54) is 16.6 Å². The SMILES string of the molecule is CCC(CC)C(=O)N1CCN(S(=O)(=O)c2cc(Cl)cnc2C2CCC2)CC1. The third-order valence-corrected chi connectivity index (χ3v) is 7.98. The lowest BCUT2D eigenvalue weighted by Gasteiger charge is -2.36. The van der Waals surface area contributed by atoms with Gasteiger partial charge in [0.05, 0.1) is 10.7 Å². The van der Waals surface area contributed by atoms with E-state index in [9.17, 15) is 13.2 Å². The number of pyridine rings is 1. The summed E-state index contributed by atoms with van der Waals surface area (Å²) in [6, 6.07) is 1.53. The normalized spacial score (nSPS) is 19.3. The fourth-order valence-electron chi connectivity index (χ4n) is 3.81. The van der Waals surface area contributed by atoms with Crippen molar-refractivity contribution in [1.29, 1.82) is 0 Å². The van der Waals surface area contributed by atoms with Crippen LogP contribution in [-0.2, 0) is 14.8 Å². The molecule has 0 N–H and O–H groups in total. The van der Waals surface area contributed by atoms with Gasteiger partial charge in [-0.1, -0.05) is 31.9 Å². The summed E-state index contributed by atoms with van der Waals surface area (Å²) in [5.41, 5.74) is 0.640. The first-order valence-electron chi connectivity index (χ1n) is 9.82. The van der Waals surface area contributed by atoms with Gasteiger partial charge in [-0.15, -0.1) is 0 Å². The zero-order valence-electron chi connectivity index (χ0n) is 16.0. The number of sulfonamides is 1. The maximum atomic E-state index is 13.3. The second-order valence-corrected chi connectivity index (χ2v) is 9.75. The molecule has 1 aromatic heterocycles. The highest BCUT2D eigenvalue weighted by Crippen LogP contribution is 2.39. The Morgan fingerprint density at radius 1 is 1.22 bits per heavy atom. The van der Waals surface area contributed by atoms with Crippen molar-refractivity contribution in [2.24, 2.45) is 5.92 Å². The van der Waals surface area contributed by atoms with Gasteiger partial charge in [0, 0.05) is 44.2 Å². The van der Waals surface area contributed by atoms with E-state index in [0.29, 0.717) is 36.9 Å². The van der Waals surface area contributed by atoms with Crippen LogP contribution in [0.4, 0.5) is 0 Å². The van der Waals surface area contributed by atoms with Gasteiger partial charge in [-0.25, -0.2) is 8.42 Å². The van der Waals surface area contributed by atoms with Crippen molar-refractivity contribution in [3.63, 3.8) is 0 Å². The molecule has 1 saturated heterocycles. The number of amides is 1. The van der Waals surface area contributed by atoms with Crippen LogP contribution in [-0.4, -0.2) is 54.7 Å². The van der Waals surface area contributed by atoms with Gasteiger partial charge in [-0.2, -0.15) is 4.31 Å². The van der Waals surface area contributed by atoms with E-state index in [0.717, 1.165) is 32.1 Å². The maximum Gasteiger partial charge on any atom is 0.245 e. The minimum atomic E-state index is -3.67. The van der Waals surface area contributed by atoms with Gasteiger partial charge in [0.1, 0.15) is 4.90 Å². The number of aromatic nitrogens is 1. The average Bonchev–Trinajstić information content (AvgIpc) is 2.62. The Kier molecular flexibility index (Phi) is 6.43. The number of hydrogen-bond donors (Lipinski definition) is 0. The molecular formula is C19H28ClN3O3S. The van der Waals surface area contributed by atoms with Gasteiger partial charge < -0.3 is 4.90 Å². The van der Waals surface area contributed by atoms with Gasteiger partial charge in [0.2, 0.25) is 15.9 Å². The van der Waals surface area contributed by atoms with Crippen LogP contribution >= 0.6 is 11.6 Å². The number of halogens is 1. The summed E-state index contributed by atoms with van der Waals surface area (Å²) in [5, 5.41) is 0.333. The van der Waals surface area contributed by atoms with E-state index >= 15 is 0 Å². The van der Waals surface area contributed by atoms with Gasteiger partial charge in [0.15, 0.2) is 0 Å². The van der Waals surface area contributed by atoms with E-state index in [2.05, 4.69) is 4.98 Å². The van der Waals surface area contributed by atoms with Crippen LogP contribution < -0.4 is 0 Å². The van der Waals surface area contributed by atoms with Crippen LogP contribution in [0.5, 0.6) is 0 Å². The number of nitrogens with zero attached hydrogens (tertiary/aromatic N) is 3. The molecule has 2 fully saturated rings. The first-order chi connectivity index (χ1) is 12.9. The summed E-state index contributed by atoms with van der Waals surface area (Å²) in [5.74, 6) is 0.358. The molecule has 27 heavy (non-hydrogen) atoms. The zero-order chi connectivity index (χ0) is 19.6. The Hall–Kier alpha value is -1.18. The summed E-state index contributed by atoms with van der Waals surface area (Å²) < 4.78 is 28.0. The Morgan fingerprint density at radius 2 is 1.85 bits per heavy atom. The van der Waals surface area contributed by atoms with E-state index < -0.39 is 10.0 Å². The number of rotatable bonds is 6. The summed E-state index contributed by atoms with van der Waals surface area (Å²) in [6.07, 6.45) is 6.19. The Labute approximate surface area is 166 Å². The molecule has 6 nitrogen and oxygen atoms in total. The molecule has 2 aliphatic rings. The Balaban J connectivity index is 1.76. The average molecular weight is 414 g/mol. The summed E-state index contributed by atoms with van der Waals surface area (Å²) >= 11 is 6.06. The van der Waals surface area contributed by atoms with Crippen LogP contribution in [0.1, 0.15) is 57.6 Å². The number of carbonyl (C=O) groups is 1. The van der Waals surface area contributed by atoms with Crippen LogP contribution in [0, 0.1) is 5.92 Å². The van der Waals surface area contributed by atoms with Gasteiger partial charge in [-0.3, -0.25) is 9.78 Å². The van der Waals surface area contributed by atoms with Crippen molar-refractivity contribution in [1.82, 2.24) is 14.2 Å². The standard InChI is InChI=1S/C19H28ClN3O3S/c1-3-14(4-2)19(24)22-8-10-23(11-9-22)27(25,26)17-12-16(20)13-21-18(17)15-6-5-7-15/h12-15H,3-11H2,1-2H3. The molecule has 1 aliphatic heterocycles. The van der Waals surface area contributed by atoms with Crippen molar-refractivity contribution in [3.05, 3.63) is 23.0 Å². The smallest absolute Gasteiger partial charge is 0.245 e. The largest absolute Gasteiger partial charge is 0.340 e. The molecule has 0 aromatic carbocycles. The monoisotopic (exact) mass is 413 g/mol. The summed E-state index contributed by atoms with van der Waals surface area (Å²) in [6.45, 7) is 5.51. The predicted octanol–water partition coefficient (Wildman–Crippen LogP) is 3.27. The topological polar surface area (TPSA) is 70.6 Å². The van der Waals surface area contributed by atoms with E-state index in [-0.39, 0.29) is 22.6 Å². The Bertz CT molecular complexity index is 783. The third-order valence-electron chi connectivity index (χ3n) is 5.84. The van der Waals surface area contributed by atoms with Crippen LogP contribution in [0.3, 0.4) is 0 Å².